The fourth-order valence-corrected chi connectivity index (χ4v) is 3.55. The first-order chi connectivity index (χ1) is 12.8. The quantitative estimate of drug-likeness (QED) is 0.753. The summed E-state index contributed by atoms with van der Waals surface area (Å²) >= 11 is 1.60. The Kier molecular flexibility index (Phi) is 4.84. The predicted molar refractivity (Wildman–Crippen MR) is 99.6 cm³/mol. The van der Waals surface area contributed by atoms with Crippen LogP contribution < -0.4 is 14.8 Å². The highest BCUT2D eigenvalue weighted by molar-refractivity contribution is 7.09. The number of hydrogen-bond acceptors (Lipinski definition) is 5. The van der Waals surface area contributed by atoms with E-state index < -0.39 is 6.10 Å². The number of aromatic nitrogens is 1. The maximum Gasteiger partial charge on any atom is 0.265 e. The molecule has 0 saturated heterocycles. The smallest absolute Gasteiger partial charge is 0.265 e. The average molecular weight is 366 g/mol. The highest BCUT2D eigenvalue weighted by Crippen LogP contribution is 2.30. The van der Waals surface area contributed by atoms with Gasteiger partial charge in [0.1, 0.15) is 6.61 Å². The number of nitrogens with zero attached hydrogens (tertiary/aromatic N) is 1. The van der Waals surface area contributed by atoms with Gasteiger partial charge in [-0.05, 0) is 17.7 Å². The number of nitrogens with one attached hydrogen (secondary N) is 1. The van der Waals surface area contributed by atoms with Crippen molar-refractivity contribution in [2.45, 2.75) is 19.1 Å². The Morgan fingerprint density at radius 3 is 2.73 bits per heavy atom. The van der Waals surface area contributed by atoms with Crippen molar-refractivity contribution < 1.29 is 14.3 Å². The Balaban J connectivity index is 1.31. The van der Waals surface area contributed by atoms with Crippen LogP contribution in [0.15, 0.2) is 60.0 Å². The summed E-state index contributed by atoms with van der Waals surface area (Å²) in [6.45, 7) is 0.588. The normalized spacial score (nSPS) is 15.5. The van der Waals surface area contributed by atoms with Gasteiger partial charge in [-0.15, -0.1) is 11.3 Å². The molecule has 0 saturated carbocycles. The molecule has 2 aromatic carbocycles. The number of hydrogen-bond donors (Lipinski definition) is 1. The molecule has 0 bridgehead atoms. The van der Waals surface area contributed by atoms with Crippen molar-refractivity contribution >= 4 is 17.2 Å². The molecule has 1 amide bonds. The summed E-state index contributed by atoms with van der Waals surface area (Å²) in [6, 6.07) is 17.6. The van der Waals surface area contributed by atoms with Crippen molar-refractivity contribution in [2.75, 3.05) is 6.61 Å². The number of benzene rings is 2. The Hall–Kier alpha value is -2.86. The van der Waals surface area contributed by atoms with Crippen molar-refractivity contribution in [1.82, 2.24) is 10.3 Å². The molecule has 5 nitrogen and oxygen atoms in total. The monoisotopic (exact) mass is 366 g/mol. The third-order valence-corrected chi connectivity index (χ3v) is 4.94. The van der Waals surface area contributed by atoms with E-state index in [0.717, 1.165) is 17.1 Å². The maximum atomic E-state index is 12.3. The van der Waals surface area contributed by atoms with Crippen molar-refractivity contribution in [1.29, 1.82) is 0 Å². The molecule has 1 atom stereocenters. The first-order valence-electron chi connectivity index (χ1n) is 8.41. The minimum atomic E-state index is -0.646. The molecule has 1 aromatic heterocycles. The second kappa shape index (κ2) is 7.58. The molecule has 132 valence electrons. The summed E-state index contributed by atoms with van der Waals surface area (Å²) in [5.41, 5.74) is 2.08. The highest BCUT2D eigenvalue weighted by atomic mass is 32.1. The summed E-state index contributed by atoms with van der Waals surface area (Å²) in [4.78, 5) is 16.9. The van der Waals surface area contributed by atoms with Gasteiger partial charge in [-0.25, -0.2) is 4.98 Å². The van der Waals surface area contributed by atoms with Crippen LogP contribution in [0, 0.1) is 0 Å². The van der Waals surface area contributed by atoms with Crippen LogP contribution in [0.5, 0.6) is 11.5 Å². The summed E-state index contributed by atoms with van der Waals surface area (Å²) < 4.78 is 11.3. The molecule has 6 heteroatoms. The van der Waals surface area contributed by atoms with E-state index in [4.69, 9.17) is 9.47 Å². The van der Waals surface area contributed by atoms with Crippen molar-refractivity contribution in [3.63, 3.8) is 0 Å². The second-order valence-corrected chi connectivity index (χ2v) is 6.92. The second-order valence-electron chi connectivity index (χ2n) is 5.98. The lowest BCUT2D eigenvalue weighted by Gasteiger charge is -2.25. The first-order valence-corrected chi connectivity index (χ1v) is 9.29. The van der Waals surface area contributed by atoms with Crippen LogP contribution in [0.4, 0.5) is 0 Å². The molecular weight excluding hydrogens is 348 g/mol. The largest absolute Gasteiger partial charge is 0.485 e. The maximum absolute atomic E-state index is 12.3. The minimum absolute atomic E-state index is 0.197. The number of thiazole rings is 1. The Morgan fingerprint density at radius 1 is 1.12 bits per heavy atom. The molecule has 0 spiro atoms. The van der Waals surface area contributed by atoms with Crippen molar-refractivity contribution in [3.05, 3.63) is 76.2 Å². The van der Waals surface area contributed by atoms with Crippen LogP contribution >= 0.6 is 11.3 Å². The Labute approximate surface area is 155 Å². The summed E-state index contributed by atoms with van der Waals surface area (Å²) in [7, 11) is 0. The number of fused-ring (bicyclic) bond motifs is 1. The zero-order valence-corrected chi connectivity index (χ0v) is 14.9. The van der Waals surface area contributed by atoms with Gasteiger partial charge in [0.15, 0.2) is 11.5 Å². The van der Waals surface area contributed by atoms with Gasteiger partial charge in [-0.3, -0.25) is 4.79 Å². The number of ether oxygens (including phenoxy) is 2. The van der Waals surface area contributed by atoms with E-state index in [2.05, 4.69) is 22.4 Å². The SMILES string of the molecule is O=C(NCc1csc(Cc2ccccc2)n1)C1COc2ccccc2O1. The van der Waals surface area contributed by atoms with Gasteiger partial charge in [-0.1, -0.05) is 42.5 Å². The van der Waals surface area contributed by atoms with Gasteiger partial charge in [0.05, 0.1) is 17.2 Å². The van der Waals surface area contributed by atoms with Crippen LogP contribution in [0.25, 0.3) is 0 Å². The molecule has 2 heterocycles. The van der Waals surface area contributed by atoms with E-state index in [1.54, 1.807) is 17.4 Å². The lowest BCUT2D eigenvalue weighted by atomic mass is 10.2. The molecule has 1 N–H and O–H groups in total. The highest BCUT2D eigenvalue weighted by Gasteiger charge is 2.27. The van der Waals surface area contributed by atoms with E-state index >= 15 is 0 Å². The number of carbonyl (C=O) groups is 1. The number of carbonyl (C=O) groups excluding carboxylic acids is 1. The van der Waals surface area contributed by atoms with Crippen LogP contribution in [-0.2, 0) is 17.8 Å². The minimum Gasteiger partial charge on any atom is -0.485 e. The predicted octanol–water partition coefficient (Wildman–Crippen LogP) is 3.19. The van der Waals surface area contributed by atoms with Crippen molar-refractivity contribution in [2.24, 2.45) is 0 Å². The molecule has 0 fully saturated rings. The van der Waals surface area contributed by atoms with Gasteiger partial charge < -0.3 is 14.8 Å². The van der Waals surface area contributed by atoms with Gasteiger partial charge in [0, 0.05) is 11.8 Å². The van der Waals surface area contributed by atoms with Crippen LogP contribution in [-0.4, -0.2) is 23.6 Å². The fourth-order valence-electron chi connectivity index (χ4n) is 2.72. The topological polar surface area (TPSA) is 60.5 Å². The molecule has 4 rings (SSSR count). The van der Waals surface area contributed by atoms with Gasteiger partial charge in [0.25, 0.3) is 5.91 Å². The van der Waals surface area contributed by atoms with Crippen LogP contribution in [0.2, 0.25) is 0 Å². The van der Waals surface area contributed by atoms with Crippen LogP contribution in [0.3, 0.4) is 0 Å². The van der Waals surface area contributed by atoms with E-state index in [-0.39, 0.29) is 12.5 Å². The van der Waals surface area contributed by atoms with Crippen molar-refractivity contribution in [3.8, 4) is 11.5 Å². The first kappa shape index (κ1) is 16.6. The summed E-state index contributed by atoms with van der Waals surface area (Å²) in [5.74, 6) is 1.07. The molecule has 3 aromatic rings. The molecule has 0 radical (unpaired) electrons. The van der Waals surface area contributed by atoms with Gasteiger partial charge >= 0.3 is 0 Å². The lowest BCUT2D eigenvalue weighted by Crippen LogP contribution is -2.43. The van der Waals surface area contributed by atoms with E-state index in [1.165, 1.54) is 5.56 Å². The molecule has 1 aliphatic heterocycles. The Bertz CT molecular complexity index is 895. The third kappa shape index (κ3) is 3.86. The molecule has 1 unspecified atom stereocenters. The van der Waals surface area contributed by atoms with Gasteiger partial charge in [0.2, 0.25) is 6.10 Å². The van der Waals surface area contributed by atoms with Gasteiger partial charge in [-0.2, -0.15) is 0 Å². The molecule has 1 aliphatic rings. The number of para-hydroxylation sites is 2. The number of rotatable bonds is 5. The Morgan fingerprint density at radius 2 is 1.88 bits per heavy atom. The zero-order valence-electron chi connectivity index (χ0n) is 14.1. The fraction of sp³-hybridized carbons (Fsp3) is 0.200. The van der Waals surface area contributed by atoms with E-state index in [1.807, 2.05) is 41.8 Å². The van der Waals surface area contributed by atoms with Crippen LogP contribution in [0.1, 0.15) is 16.3 Å². The standard InChI is InChI=1S/C20H18N2O3S/c23-20(18-12-24-16-8-4-5-9-17(16)25-18)21-11-15-13-26-19(22-15)10-14-6-2-1-3-7-14/h1-9,13,18H,10-12H2,(H,21,23). The summed E-state index contributed by atoms with van der Waals surface area (Å²) in [6.07, 6.45) is 0.155. The van der Waals surface area contributed by atoms with E-state index in [0.29, 0.717) is 18.0 Å². The lowest BCUT2D eigenvalue weighted by molar-refractivity contribution is -0.130. The molecule has 0 aliphatic carbocycles. The third-order valence-electron chi connectivity index (χ3n) is 4.04. The average Bonchev–Trinajstić information content (AvgIpc) is 3.14. The zero-order chi connectivity index (χ0) is 17.8. The van der Waals surface area contributed by atoms with E-state index in [9.17, 15) is 4.79 Å². The number of amides is 1. The summed E-state index contributed by atoms with van der Waals surface area (Å²) in [5, 5.41) is 5.89. The molecular formula is C20H18N2O3S. The molecule has 26 heavy (non-hydrogen) atoms.